The second kappa shape index (κ2) is 7.86. The van der Waals surface area contributed by atoms with Crippen LogP contribution in [0, 0.1) is 5.41 Å². The van der Waals surface area contributed by atoms with Crippen LogP contribution in [0.25, 0.3) is 11.4 Å². The zero-order valence-electron chi connectivity index (χ0n) is 18.3. The van der Waals surface area contributed by atoms with Crippen molar-refractivity contribution >= 4 is 23.1 Å². The van der Waals surface area contributed by atoms with E-state index in [1.54, 1.807) is 25.2 Å². The molecule has 0 aliphatic carbocycles. The monoisotopic (exact) mass is 422 g/mol. The molecule has 0 spiro atoms. The highest BCUT2D eigenvalue weighted by molar-refractivity contribution is 5.98. The van der Waals surface area contributed by atoms with Crippen LogP contribution in [0.2, 0.25) is 0 Å². The molecule has 1 aromatic carbocycles. The number of anilines is 3. The van der Waals surface area contributed by atoms with Gasteiger partial charge in [-0.2, -0.15) is 5.10 Å². The summed E-state index contributed by atoms with van der Waals surface area (Å²) < 4.78 is 7.31. The molecular weight excluding hydrogens is 396 g/mol. The summed E-state index contributed by atoms with van der Waals surface area (Å²) in [6, 6.07) is 7.48. The molecule has 10 nitrogen and oxygen atoms in total. The first kappa shape index (κ1) is 20.6. The third kappa shape index (κ3) is 4.00. The maximum absolute atomic E-state index is 12.4. The maximum atomic E-state index is 12.4. The average Bonchev–Trinajstić information content (AvgIpc) is 3.17. The van der Waals surface area contributed by atoms with Gasteiger partial charge in [0.05, 0.1) is 24.0 Å². The summed E-state index contributed by atoms with van der Waals surface area (Å²) in [7, 11) is 4.96. The molecular formula is C21H26N8O2. The smallest absolute Gasteiger partial charge is 0.273 e. The molecule has 0 saturated carbocycles. The molecule has 0 unspecified atom stereocenters. The first-order chi connectivity index (χ1) is 14.8. The van der Waals surface area contributed by atoms with Crippen molar-refractivity contribution in [3.8, 4) is 17.1 Å². The molecule has 4 rings (SSSR count). The fourth-order valence-electron chi connectivity index (χ4n) is 3.71. The Bertz CT molecular complexity index is 1120. The number of aryl methyl sites for hydroxylation is 1. The van der Waals surface area contributed by atoms with E-state index in [0.717, 1.165) is 24.5 Å². The van der Waals surface area contributed by atoms with Crippen molar-refractivity contribution in [2.45, 2.75) is 13.8 Å². The fourth-order valence-corrected chi connectivity index (χ4v) is 3.71. The van der Waals surface area contributed by atoms with E-state index in [2.05, 4.69) is 49.7 Å². The van der Waals surface area contributed by atoms with Crippen molar-refractivity contribution in [1.29, 1.82) is 0 Å². The Morgan fingerprint density at radius 1 is 1.19 bits per heavy atom. The second-order valence-corrected chi connectivity index (χ2v) is 8.32. The fraction of sp³-hybridized carbons (Fsp3) is 0.381. The largest absolute Gasteiger partial charge is 0.494 e. The third-order valence-electron chi connectivity index (χ3n) is 5.11. The first-order valence-corrected chi connectivity index (χ1v) is 9.96. The number of para-hydroxylation sites is 1. The van der Waals surface area contributed by atoms with Crippen LogP contribution in [0.5, 0.6) is 5.75 Å². The minimum atomic E-state index is -0.327. The Kier molecular flexibility index (Phi) is 5.22. The highest BCUT2D eigenvalue weighted by Gasteiger charge is 2.35. The lowest BCUT2D eigenvalue weighted by Gasteiger charge is -2.46. The molecule has 31 heavy (non-hydrogen) atoms. The van der Waals surface area contributed by atoms with E-state index in [1.807, 2.05) is 31.3 Å². The van der Waals surface area contributed by atoms with Crippen LogP contribution < -0.4 is 20.3 Å². The van der Waals surface area contributed by atoms with E-state index in [9.17, 15) is 4.79 Å². The molecule has 0 bridgehead atoms. The van der Waals surface area contributed by atoms with Crippen molar-refractivity contribution in [3.05, 3.63) is 36.3 Å². The number of hydrogen-bond acceptors (Lipinski definition) is 8. The number of nitrogens with one attached hydrogen (secondary N) is 2. The van der Waals surface area contributed by atoms with Crippen LogP contribution in [0.4, 0.5) is 17.2 Å². The number of carbonyl (C=O) groups is 1. The summed E-state index contributed by atoms with van der Waals surface area (Å²) in [5, 5.41) is 18.8. The Morgan fingerprint density at radius 2 is 1.97 bits per heavy atom. The lowest BCUT2D eigenvalue weighted by atomic mass is 9.84. The van der Waals surface area contributed by atoms with E-state index in [-0.39, 0.29) is 17.0 Å². The predicted octanol–water partition coefficient (Wildman–Crippen LogP) is 2.23. The number of amides is 1. The highest BCUT2D eigenvalue weighted by atomic mass is 16.5. The summed E-state index contributed by atoms with van der Waals surface area (Å²) in [5.74, 6) is 1.51. The van der Waals surface area contributed by atoms with E-state index in [0.29, 0.717) is 22.9 Å². The number of carbonyl (C=O) groups excluding carboxylic acids is 1. The molecule has 1 fully saturated rings. The van der Waals surface area contributed by atoms with Gasteiger partial charge in [0.15, 0.2) is 23.1 Å². The minimum Gasteiger partial charge on any atom is -0.494 e. The zero-order valence-corrected chi connectivity index (χ0v) is 18.3. The van der Waals surface area contributed by atoms with Gasteiger partial charge in [0.2, 0.25) is 0 Å². The van der Waals surface area contributed by atoms with Crippen LogP contribution in [-0.4, -0.2) is 58.1 Å². The normalized spacial score (nSPS) is 14.7. The molecule has 2 N–H and O–H groups in total. The lowest BCUT2D eigenvalue weighted by molar-refractivity contribution is 0.0958. The molecule has 162 valence electrons. The first-order valence-electron chi connectivity index (χ1n) is 9.96. The number of hydrogen-bond donors (Lipinski definition) is 2. The maximum Gasteiger partial charge on any atom is 0.273 e. The van der Waals surface area contributed by atoms with Crippen LogP contribution in [0.3, 0.4) is 0 Å². The Morgan fingerprint density at radius 3 is 2.58 bits per heavy atom. The zero-order chi connectivity index (χ0) is 22.2. The molecule has 3 aromatic rings. The topological polar surface area (TPSA) is 110 Å². The van der Waals surface area contributed by atoms with Crippen molar-refractivity contribution in [2.75, 3.05) is 37.5 Å². The summed E-state index contributed by atoms with van der Waals surface area (Å²) in [6.45, 7) is 6.17. The van der Waals surface area contributed by atoms with Crippen molar-refractivity contribution in [2.24, 2.45) is 12.5 Å². The Labute approximate surface area is 180 Å². The van der Waals surface area contributed by atoms with Gasteiger partial charge in [-0.25, -0.2) is 4.98 Å². The molecule has 0 atom stereocenters. The standard InChI is InChI=1S/C21H26N8O2/c1-21(2)10-29(11-21)16-9-15(17(26-25-16)20(30)22-3)24-14-8-6-7-13(18(14)31-5)19-23-12-28(4)27-19/h6-9,12H,10-11H2,1-5H3,(H,22,30)(H,24,25). The van der Waals surface area contributed by atoms with Gasteiger partial charge < -0.3 is 20.3 Å². The summed E-state index contributed by atoms with van der Waals surface area (Å²) in [6.07, 6.45) is 1.63. The van der Waals surface area contributed by atoms with E-state index in [4.69, 9.17) is 4.74 Å². The van der Waals surface area contributed by atoms with Gasteiger partial charge in [-0.3, -0.25) is 9.48 Å². The van der Waals surface area contributed by atoms with Crippen molar-refractivity contribution in [1.82, 2.24) is 30.3 Å². The number of nitrogens with zero attached hydrogens (tertiary/aromatic N) is 6. The predicted molar refractivity (Wildman–Crippen MR) is 118 cm³/mol. The molecule has 1 saturated heterocycles. The quantitative estimate of drug-likeness (QED) is 0.622. The van der Waals surface area contributed by atoms with Gasteiger partial charge in [0.1, 0.15) is 6.33 Å². The number of aromatic nitrogens is 5. The van der Waals surface area contributed by atoms with E-state index in [1.165, 1.54) is 0 Å². The van der Waals surface area contributed by atoms with Crippen molar-refractivity contribution in [3.63, 3.8) is 0 Å². The average molecular weight is 422 g/mol. The molecule has 10 heteroatoms. The summed E-state index contributed by atoms with van der Waals surface area (Å²) in [4.78, 5) is 18.9. The van der Waals surface area contributed by atoms with Gasteiger partial charge in [0, 0.05) is 33.3 Å². The van der Waals surface area contributed by atoms with Crippen molar-refractivity contribution < 1.29 is 9.53 Å². The third-order valence-corrected chi connectivity index (χ3v) is 5.11. The Hall–Kier alpha value is -3.69. The number of benzene rings is 1. The number of methoxy groups -OCH3 is 1. The molecule has 3 heterocycles. The van der Waals surface area contributed by atoms with Crippen LogP contribution in [0.1, 0.15) is 24.3 Å². The molecule has 1 aliphatic rings. The minimum absolute atomic E-state index is 0.203. The van der Waals surface area contributed by atoms with Gasteiger partial charge in [-0.05, 0) is 17.5 Å². The van der Waals surface area contributed by atoms with Gasteiger partial charge >= 0.3 is 0 Å². The van der Waals surface area contributed by atoms with Crippen LogP contribution >= 0.6 is 0 Å². The van der Waals surface area contributed by atoms with Gasteiger partial charge in [0.25, 0.3) is 5.91 Å². The Balaban J connectivity index is 1.73. The highest BCUT2D eigenvalue weighted by Crippen LogP contribution is 2.38. The molecule has 2 aromatic heterocycles. The molecule has 0 radical (unpaired) electrons. The second-order valence-electron chi connectivity index (χ2n) is 8.32. The van der Waals surface area contributed by atoms with Crippen LogP contribution in [-0.2, 0) is 7.05 Å². The molecule has 1 aliphatic heterocycles. The van der Waals surface area contributed by atoms with E-state index < -0.39 is 0 Å². The summed E-state index contributed by atoms with van der Waals surface area (Å²) in [5.41, 5.74) is 2.39. The number of rotatable bonds is 6. The molecule has 1 amide bonds. The van der Waals surface area contributed by atoms with Gasteiger partial charge in [-0.1, -0.05) is 19.9 Å². The van der Waals surface area contributed by atoms with Crippen LogP contribution in [0.15, 0.2) is 30.6 Å². The lowest BCUT2D eigenvalue weighted by Crippen LogP contribution is -2.53. The number of ether oxygens (including phenoxy) is 1. The van der Waals surface area contributed by atoms with E-state index >= 15 is 0 Å². The van der Waals surface area contributed by atoms with Gasteiger partial charge in [-0.15, -0.1) is 10.2 Å². The SMILES string of the molecule is CNC(=O)c1nnc(N2CC(C)(C)C2)cc1Nc1cccc(-c2ncn(C)n2)c1OC. The summed E-state index contributed by atoms with van der Waals surface area (Å²) >= 11 is 0.